The van der Waals surface area contributed by atoms with E-state index < -0.39 is 0 Å². The Morgan fingerprint density at radius 2 is 2.04 bits per heavy atom. The van der Waals surface area contributed by atoms with Gasteiger partial charge in [-0.1, -0.05) is 31.1 Å². The van der Waals surface area contributed by atoms with Crippen molar-refractivity contribution in [2.75, 3.05) is 27.2 Å². The predicted molar refractivity (Wildman–Crippen MR) is 98.5 cm³/mol. The molecule has 4 heteroatoms. The Morgan fingerprint density at radius 3 is 2.71 bits per heavy atom. The average molecular weight is 332 g/mol. The van der Waals surface area contributed by atoms with E-state index in [2.05, 4.69) is 44.1 Å². The molecule has 0 amide bonds. The van der Waals surface area contributed by atoms with Crippen molar-refractivity contribution in [2.45, 2.75) is 33.1 Å². The Morgan fingerprint density at radius 1 is 1.33 bits per heavy atom. The second kappa shape index (κ2) is 8.97. The first-order valence-electron chi connectivity index (χ1n) is 8.76. The van der Waals surface area contributed by atoms with Crippen LogP contribution >= 0.6 is 0 Å². The number of nitrogens with zero attached hydrogens (tertiary/aromatic N) is 2. The third-order valence-electron chi connectivity index (χ3n) is 4.29. The molecular weight excluding hydrogens is 303 g/mol. The van der Waals surface area contributed by atoms with Crippen LogP contribution in [-0.2, 0) is 4.84 Å². The zero-order valence-electron chi connectivity index (χ0n) is 15.3. The topological polar surface area (TPSA) is 24.8 Å². The molecule has 1 saturated carbocycles. The van der Waals surface area contributed by atoms with Crippen LogP contribution in [0.3, 0.4) is 0 Å². The largest absolute Gasteiger partial charge is 0.395 e. The van der Waals surface area contributed by atoms with Crippen LogP contribution in [0.1, 0.15) is 38.7 Å². The summed E-state index contributed by atoms with van der Waals surface area (Å²) < 4.78 is 13.1. The first-order chi connectivity index (χ1) is 11.5. The van der Waals surface area contributed by atoms with Gasteiger partial charge in [-0.25, -0.2) is 4.39 Å². The summed E-state index contributed by atoms with van der Waals surface area (Å²) in [6.45, 7) is 5.97. The first-order valence-corrected chi connectivity index (χ1v) is 8.76. The summed E-state index contributed by atoms with van der Waals surface area (Å²) in [5, 5.41) is 4.46. The van der Waals surface area contributed by atoms with Crippen LogP contribution in [0.5, 0.6) is 0 Å². The van der Waals surface area contributed by atoms with Gasteiger partial charge in [0.15, 0.2) is 0 Å². The van der Waals surface area contributed by atoms with Gasteiger partial charge in [0, 0.05) is 18.4 Å². The number of halogens is 1. The summed E-state index contributed by atoms with van der Waals surface area (Å²) in [5.41, 5.74) is 3.26. The van der Waals surface area contributed by atoms with E-state index in [-0.39, 0.29) is 5.82 Å². The van der Waals surface area contributed by atoms with Crippen molar-refractivity contribution >= 4 is 11.8 Å². The fourth-order valence-corrected chi connectivity index (χ4v) is 3.14. The van der Waals surface area contributed by atoms with Crippen molar-refractivity contribution in [3.63, 3.8) is 0 Å². The number of allylic oxidation sites excluding steroid dienone is 1. The molecule has 0 aliphatic heterocycles. The number of hydrogen-bond donors (Lipinski definition) is 0. The van der Waals surface area contributed by atoms with Gasteiger partial charge in [0.05, 0.1) is 5.71 Å². The molecule has 0 N–H and O–H groups in total. The maximum Gasteiger partial charge on any atom is 0.123 e. The Hall–Kier alpha value is -1.68. The molecule has 1 aromatic carbocycles. The molecule has 3 nitrogen and oxygen atoms in total. The lowest BCUT2D eigenvalue weighted by Crippen LogP contribution is -2.23. The van der Waals surface area contributed by atoms with Crippen LogP contribution in [-0.4, -0.2) is 37.9 Å². The standard InChI is InChI=1S/C20H29FN2O/c1-15(13-23(3)4)14-24-22-20-16(2)6-5-7-18(20)12-17-8-10-19(21)11-9-17/h8-12,15-16H,5-7,13-14H2,1-4H3/b18-12+,22-20+/t15-,16+/m0/s1. The molecule has 2 atom stereocenters. The van der Waals surface area contributed by atoms with Crippen LogP contribution < -0.4 is 0 Å². The van der Waals surface area contributed by atoms with Crippen LogP contribution in [0.2, 0.25) is 0 Å². The second-order valence-corrected chi connectivity index (χ2v) is 7.15. The monoisotopic (exact) mass is 332 g/mol. The molecular formula is C20H29FN2O. The lowest BCUT2D eigenvalue weighted by Gasteiger charge is -2.23. The van der Waals surface area contributed by atoms with Gasteiger partial charge in [-0.05, 0) is 62.7 Å². The van der Waals surface area contributed by atoms with Gasteiger partial charge in [0.1, 0.15) is 12.4 Å². The molecule has 0 heterocycles. The van der Waals surface area contributed by atoms with Gasteiger partial charge in [0.2, 0.25) is 0 Å². The van der Waals surface area contributed by atoms with E-state index in [1.807, 2.05) is 0 Å². The Bertz CT molecular complexity index is 578. The molecule has 1 aliphatic carbocycles. The molecule has 132 valence electrons. The summed E-state index contributed by atoms with van der Waals surface area (Å²) in [6.07, 6.45) is 5.40. The summed E-state index contributed by atoms with van der Waals surface area (Å²) in [7, 11) is 4.13. The minimum Gasteiger partial charge on any atom is -0.395 e. The van der Waals surface area contributed by atoms with Crippen LogP contribution in [0, 0.1) is 17.7 Å². The van der Waals surface area contributed by atoms with Crippen LogP contribution in [0.25, 0.3) is 6.08 Å². The summed E-state index contributed by atoms with van der Waals surface area (Å²) in [6, 6.07) is 6.60. The second-order valence-electron chi connectivity index (χ2n) is 7.15. The van der Waals surface area contributed by atoms with Gasteiger partial charge < -0.3 is 9.74 Å². The van der Waals surface area contributed by atoms with Gasteiger partial charge >= 0.3 is 0 Å². The third kappa shape index (κ3) is 5.75. The average Bonchev–Trinajstić information content (AvgIpc) is 2.51. The normalized spacial score (nSPS) is 23.0. The highest BCUT2D eigenvalue weighted by Crippen LogP contribution is 2.28. The van der Waals surface area contributed by atoms with E-state index in [9.17, 15) is 4.39 Å². The minimum absolute atomic E-state index is 0.207. The maximum atomic E-state index is 13.1. The zero-order chi connectivity index (χ0) is 17.5. The third-order valence-corrected chi connectivity index (χ3v) is 4.29. The van der Waals surface area contributed by atoms with Gasteiger partial charge in [-0.2, -0.15) is 0 Å². The molecule has 1 fully saturated rings. The van der Waals surface area contributed by atoms with Crippen molar-refractivity contribution in [3.05, 3.63) is 41.2 Å². The quantitative estimate of drug-likeness (QED) is 0.711. The van der Waals surface area contributed by atoms with Crippen LogP contribution in [0.15, 0.2) is 35.0 Å². The minimum atomic E-state index is -0.207. The molecule has 1 aromatic rings. The fraction of sp³-hybridized carbons (Fsp3) is 0.550. The Labute approximate surface area is 145 Å². The van der Waals surface area contributed by atoms with Crippen LogP contribution in [0.4, 0.5) is 4.39 Å². The number of oxime groups is 1. The van der Waals surface area contributed by atoms with E-state index in [1.165, 1.54) is 17.7 Å². The van der Waals surface area contributed by atoms with Crippen molar-refractivity contribution in [1.29, 1.82) is 0 Å². The van der Waals surface area contributed by atoms with Crippen molar-refractivity contribution in [3.8, 4) is 0 Å². The van der Waals surface area contributed by atoms with Gasteiger partial charge in [0.25, 0.3) is 0 Å². The van der Waals surface area contributed by atoms with Crippen molar-refractivity contribution < 1.29 is 9.23 Å². The SMILES string of the molecule is C[C@H](CO/N=C1/C(=C/c2ccc(F)cc2)CCC[C@H]1C)CN(C)C. The highest BCUT2D eigenvalue weighted by atomic mass is 19.1. The number of rotatable bonds is 6. The summed E-state index contributed by atoms with van der Waals surface area (Å²) in [4.78, 5) is 7.81. The molecule has 0 radical (unpaired) electrons. The lowest BCUT2D eigenvalue weighted by atomic mass is 9.84. The number of benzene rings is 1. The molecule has 2 rings (SSSR count). The zero-order valence-corrected chi connectivity index (χ0v) is 15.3. The van der Waals surface area contributed by atoms with E-state index in [4.69, 9.17) is 4.84 Å². The highest BCUT2D eigenvalue weighted by Gasteiger charge is 2.21. The van der Waals surface area contributed by atoms with E-state index >= 15 is 0 Å². The van der Waals surface area contributed by atoms with E-state index in [1.54, 1.807) is 12.1 Å². The summed E-state index contributed by atoms with van der Waals surface area (Å²) >= 11 is 0. The Kier molecular flexibility index (Phi) is 6.98. The molecule has 24 heavy (non-hydrogen) atoms. The molecule has 0 saturated heterocycles. The predicted octanol–water partition coefficient (Wildman–Crippen LogP) is 4.60. The highest BCUT2D eigenvalue weighted by molar-refractivity contribution is 6.05. The van der Waals surface area contributed by atoms with E-state index in [0.29, 0.717) is 18.4 Å². The van der Waals surface area contributed by atoms with Crippen molar-refractivity contribution in [2.24, 2.45) is 17.0 Å². The molecule has 0 spiro atoms. The van der Waals surface area contributed by atoms with Gasteiger partial charge in [-0.15, -0.1) is 0 Å². The fourth-order valence-electron chi connectivity index (χ4n) is 3.14. The number of hydrogen-bond acceptors (Lipinski definition) is 3. The summed E-state index contributed by atoms with van der Waals surface area (Å²) in [5.74, 6) is 0.628. The lowest BCUT2D eigenvalue weighted by molar-refractivity contribution is 0.100. The van der Waals surface area contributed by atoms with Gasteiger partial charge in [-0.3, -0.25) is 0 Å². The van der Waals surface area contributed by atoms with Crippen molar-refractivity contribution in [1.82, 2.24) is 4.90 Å². The molecule has 0 aromatic heterocycles. The Balaban J connectivity index is 2.08. The molecule has 0 unspecified atom stereocenters. The van der Waals surface area contributed by atoms with E-state index in [0.717, 1.165) is 37.1 Å². The smallest absolute Gasteiger partial charge is 0.123 e. The molecule has 1 aliphatic rings. The maximum absolute atomic E-state index is 13.1. The first kappa shape index (κ1) is 18.7. The molecule has 0 bridgehead atoms.